The maximum Gasteiger partial charge on any atom is 0.330 e. The number of methoxy groups -OCH3 is 2. The molecule has 1 saturated heterocycles. The third-order valence-corrected chi connectivity index (χ3v) is 15.9. The van der Waals surface area contributed by atoms with Crippen LogP contribution in [0, 0.1) is 5.41 Å². The third-order valence-electron chi connectivity index (χ3n) is 15.9. The minimum atomic E-state index is -1.52. The molecule has 4 aromatic rings. The van der Waals surface area contributed by atoms with Crippen molar-refractivity contribution in [2.45, 2.75) is 122 Å². The van der Waals surface area contributed by atoms with E-state index in [2.05, 4.69) is 10.6 Å². The van der Waals surface area contributed by atoms with Gasteiger partial charge in [0, 0.05) is 59.8 Å². The molecule has 2 aliphatic rings. The van der Waals surface area contributed by atoms with Crippen LogP contribution in [0.15, 0.2) is 97.1 Å². The van der Waals surface area contributed by atoms with E-state index < -0.39 is 114 Å². The number of aryl methyl sites for hydroxylation is 1. The molecule has 6 amide bonds. The summed E-state index contributed by atoms with van der Waals surface area (Å²) in [4.78, 5) is 135. The highest BCUT2D eigenvalue weighted by Crippen LogP contribution is 2.32. The fraction of sp³-hybridized carbons (Fsp3) is 0.507. The number of piperazine rings is 1. The molecule has 89 heavy (non-hydrogen) atoms. The molecule has 6 rings (SSSR count). The number of ketones is 1. The highest BCUT2D eigenvalue weighted by atomic mass is 16.5. The first-order valence-corrected chi connectivity index (χ1v) is 30.2. The smallest absolute Gasteiger partial charge is 0.330 e. The van der Waals surface area contributed by atoms with Crippen molar-refractivity contribution in [3.05, 3.63) is 114 Å². The zero-order valence-electron chi connectivity index (χ0n) is 53.6. The number of cyclic esters (lactones) is 2. The summed E-state index contributed by atoms with van der Waals surface area (Å²) in [6.45, 7) is 9.05. The van der Waals surface area contributed by atoms with Crippen LogP contribution in [-0.4, -0.2) is 202 Å². The summed E-state index contributed by atoms with van der Waals surface area (Å²) in [7, 11) is 9.28. The second-order valence-electron chi connectivity index (χ2n) is 24.3. The number of unbranched alkanes of at least 4 members (excludes halogenated alkanes) is 1. The van der Waals surface area contributed by atoms with Crippen LogP contribution < -0.4 is 24.8 Å². The summed E-state index contributed by atoms with van der Waals surface area (Å²) in [6.07, 6.45) is 3.87. The van der Waals surface area contributed by atoms with Crippen molar-refractivity contribution < 1.29 is 71.6 Å². The Morgan fingerprint density at radius 1 is 0.719 bits per heavy atom. The summed E-state index contributed by atoms with van der Waals surface area (Å²) in [5.41, 5.74) is -0.256. The Morgan fingerprint density at radius 3 is 2.15 bits per heavy atom. The number of benzene rings is 4. The fourth-order valence-corrected chi connectivity index (χ4v) is 10.3. The second-order valence-corrected chi connectivity index (χ2v) is 24.3. The van der Waals surface area contributed by atoms with E-state index in [-0.39, 0.29) is 57.7 Å². The van der Waals surface area contributed by atoms with E-state index in [1.807, 2.05) is 66.4 Å². The number of ether oxygens (including phenoxy) is 6. The van der Waals surface area contributed by atoms with E-state index in [9.17, 15) is 38.4 Å². The van der Waals surface area contributed by atoms with Gasteiger partial charge in [0.2, 0.25) is 29.4 Å². The predicted molar refractivity (Wildman–Crippen MR) is 334 cm³/mol. The number of carbonyl (C=O) groups is 9. The largest absolute Gasteiger partial charge is 0.493 e. The SMILES string of the molecule is CCCC[C@H]1C(=O)N[C@@H](Cc2ccc3ccccc3c2)C(=O)N(C)[C@@H](COC(C)(C)C)C(=O)NCC(=O)N(C)CCC=CC(=O)OCC(C)(C)C(=O)C(=O)N2CCN(C)C[C@H]2C(=O)O[C@H](CCc2ccc(OC)c(OC)c2)c2cccc(c2)OCC(=O)N1C. The van der Waals surface area contributed by atoms with Crippen molar-refractivity contribution in [2.24, 2.45) is 5.41 Å². The van der Waals surface area contributed by atoms with Crippen LogP contribution >= 0.6 is 0 Å². The summed E-state index contributed by atoms with van der Waals surface area (Å²) in [5, 5.41) is 7.50. The van der Waals surface area contributed by atoms with Gasteiger partial charge in [-0.25, -0.2) is 9.59 Å². The summed E-state index contributed by atoms with van der Waals surface area (Å²) < 4.78 is 35.1. The van der Waals surface area contributed by atoms with Crippen LogP contribution in [0.2, 0.25) is 0 Å². The molecule has 482 valence electrons. The number of likely N-dealkylation sites (N-methyl/N-ethyl adjacent to an activating group) is 4. The van der Waals surface area contributed by atoms with Gasteiger partial charge in [0.1, 0.15) is 42.6 Å². The van der Waals surface area contributed by atoms with E-state index in [1.54, 1.807) is 58.2 Å². The minimum Gasteiger partial charge on any atom is -0.493 e. The molecule has 0 aliphatic carbocycles. The Labute approximate surface area is 522 Å². The quantitative estimate of drug-likeness (QED) is 0.128. The first-order chi connectivity index (χ1) is 42.2. The predicted octanol–water partition coefficient (Wildman–Crippen LogP) is 5.66. The lowest BCUT2D eigenvalue weighted by Gasteiger charge is -2.39. The summed E-state index contributed by atoms with van der Waals surface area (Å²) in [6, 6.07) is 20.7. The molecule has 1 fully saturated rings. The Bertz CT molecular complexity index is 3200. The molecule has 2 heterocycles. The van der Waals surface area contributed by atoms with Gasteiger partial charge in [0.25, 0.3) is 11.8 Å². The topological polar surface area (TPSA) is 249 Å². The zero-order valence-corrected chi connectivity index (χ0v) is 53.6. The number of nitrogens with one attached hydrogen (secondary N) is 2. The minimum absolute atomic E-state index is 0.00237. The number of amides is 6. The number of hydrogen-bond acceptors (Lipinski definition) is 16. The number of rotatable bonds is 12. The highest BCUT2D eigenvalue weighted by Gasteiger charge is 2.44. The van der Waals surface area contributed by atoms with Crippen molar-refractivity contribution in [3.8, 4) is 17.2 Å². The molecule has 2 bridgehead atoms. The van der Waals surface area contributed by atoms with Crippen molar-refractivity contribution in [2.75, 3.05) is 95.0 Å². The normalized spacial score (nSPS) is 21.7. The number of nitrogens with zero attached hydrogens (tertiary/aromatic N) is 5. The van der Waals surface area contributed by atoms with E-state index in [1.165, 1.54) is 74.9 Å². The van der Waals surface area contributed by atoms with Gasteiger partial charge >= 0.3 is 11.9 Å². The Morgan fingerprint density at radius 2 is 1.44 bits per heavy atom. The van der Waals surface area contributed by atoms with Crippen LogP contribution in [0.25, 0.3) is 10.8 Å². The molecule has 22 heteroatoms. The van der Waals surface area contributed by atoms with E-state index in [0.29, 0.717) is 48.4 Å². The lowest BCUT2D eigenvalue weighted by atomic mass is 9.87. The lowest BCUT2D eigenvalue weighted by molar-refractivity contribution is -0.166. The fourth-order valence-electron chi connectivity index (χ4n) is 10.3. The number of carbonyl (C=O) groups excluding carboxylic acids is 9. The van der Waals surface area contributed by atoms with Crippen molar-refractivity contribution in [3.63, 3.8) is 0 Å². The van der Waals surface area contributed by atoms with Crippen LogP contribution in [0.3, 0.4) is 0 Å². The average molecular weight is 1230 g/mol. The van der Waals surface area contributed by atoms with Gasteiger partial charge in [-0.05, 0) is 119 Å². The first kappa shape index (κ1) is 69.7. The number of hydrogen-bond donors (Lipinski definition) is 2. The van der Waals surface area contributed by atoms with E-state index in [4.69, 9.17) is 28.4 Å². The van der Waals surface area contributed by atoms with Gasteiger partial charge in [-0.15, -0.1) is 0 Å². The molecule has 2 aliphatic heterocycles. The molecule has 0 aromatic heterocycles. The first-order valence-electron chi connectivity index (χ1n) is 30.2. The molecule has 0 radical (unpaired) electrons. The number of Topliss-reactive ketones (excluding diaryl/α,β-unsaturated/α-hetero) is 1. The van der Waals surface area contributed by atoms with Crippen LogP contribution in [0.5, 0.6) is 17.2 Å². The van der Waals surface area contributed by atoms with Crippen molar-refractivity contribution in [1.82, 2.24) is 35.1 Å². The van der Waals surface area contributed by atoms with Gasteiger partial charge in [0.15, 0.2) is 18.1 Å². The maximum absolute atomic E-state index is 15.1. The maximum atomic E-state index is 15.1. The standard InChI is InChI=1S/C67H89N7O15/c1-13-14-24-51-62(80)69-50(36-45-26-29-46-20-15-16-21-47(46)35-45)63(81)73(10)53(41-88-66(2,3)4)61(79)68-39-57(75)71(8)32-18-17-25-59(77)87-43-67(5,6)60(78)64(82)74-34-33-70(7)40-52(74)65(83)89-54(30-27-44-28-31-55(84-11)56(37-44)85-12)48-22-19-23-49(38-48)86-42-58(76)72(51)9/h15-17,19-23,25-26,28-29,31,35,37-38,50-54H,13-14,18,24,27,30,32-34,36,39-43H2,1-12H3,(H,68,79)(H,69,80)/t50-,51-,52-,53-,54+/m0/s1. The summed E-state index contributed by atoms with van der Waals surface area (Å²) >= 11 is 0. The Hall–Kier alpha value is -8.37. The van der Waals surface area contributed by atoms with Crippen LogP contribution in [-0.2, 0) is 70.2 Å². The van der Waals surface area contributed by atoms with Crippen LogP contribution in [0.1, 0.15) is 96.4 Å². The number of esters is 2. The van der Waals surface area contributed by atoms with E-state index >= 15 is 4.79 Å². The molecule has 22 nitrogen and oxygen atoms in total. The van der Waals surface area contributed by atoms with Gasteiger partial charge in [0.05, 0.1) is 38.4 Å². The van der Waals surface area contributed by atoms with Gasteiger partial charge in [-0.3, -0.25) is 33.6 Å². The van der Waals surface area contributed by atoms with Crippen LogP contribution in [0.4, 0.5) is 0 Å². The van der Waals surface area contributed by atoms with Gasteiger partial charge in [-0.2, -0.15) is 0 Å². The molecule has 0 spiro atoms. The third kappa shape index (κ3) is 19.8. The molecule has 5 atom stereocenters. The second kappa shape index (κ2) is 32.2. The molecule has 0 unspecified atom stereocenters. The molecule has 2 N–H and O–H groups in total. The Balaban J connectivity index is 1.36. The van der Waals surface area contributed by atoms with E-state index in [0.717, 1.165) is 22.4 Å². The average Bonchev–Trinajstić information content (AvgIpc) is 2.08. The highest BCUT2D eigenvalue weighted by molar-refractivity contribution is 6.38. The van der Waals surface area contributed by atoms with Crippen molar-refractivity contribution in [1.29, 1.82) is 0 Å². The van der Waals surface area contributed by atoms with Gasteiger partial charge < -0.3 is 63.6 Å². The Kier molecular flexibility index (Phi) is 25.2. The molecule has 4 aromatic carbocycles. The van der Waals surface area contributed by atoms with Crippen molar-refractivity contribution >= 4 is 63.9 Å². The zero-order chi connectivity index (χ0) is 65.2. The molecular weight excluding hydrogens is 1140 g/mol. The monoisotopic (exact) mass is 1230 g/mol. The lowest BCUT2D eigenvalue weighted by Crippen LogP contribution is -2.60. The molecule has 0 saturated carbocycles. The number of fused-ring (bicyclic) bond motifs is 4. The molecular formula is C67H89N7O15. The van der Waals surface area contributed by atoms with Gasteiger partial charge in [-0.1, -0.05) is 86.5 Å². The summed E-state index contributed by atoms with van der Waals surface area (Å²) in [5.74, 6) is -5.18.